The number of hydrogen-bond donors (Lipinski definition) is 1. The number of thiophene rings is 1. The lowest BCUT2D eigenvalue weighted by Crippen LogP contribution is -2.17. The molecule has 1 aromatic heterocycles. The summed E-state index contributed by atoms with van der Waals surface area (Å²) < 4.78 is 83.5. The van der Waals surface area contributed by atoms with Gasteiger partial charge in [0.1, 0.15) is 17.2 Å². The molecule has 0 atom stereocenters. The average molecular weight is 651 g/mol. The number of fused-ring (bicyclic) bond motifs is 1. The second kappa shape index (κ2) is 11.4. The van der Waals surface area contributed by atoms with Gasteiger partial charge in [-0.2, -0.15) is 14.0 Å². The van der Waals surface area contributed by atoms with Gasteiger partial charge in [-0.1, -0.05) is 6.07 Å². The van der Waals surface area contributed by atoms with Gasteiger partial charge in [-0.15, -0.1) is 11.3 Å². The molecule has 38 heavy (non-hydrogen) atoms. The fraction of sp³-hybridized carbons (Fsp3) is 0.304. The van der Waals surface area contributed by atoms with Gasteiger partial charge in [-0.25, -0.2) is 8.42 Å². The van der Waals surface area contributed by atoms with E-state index < -0.39 is 33.9 Å². The molecule has 0 unspecified atom stereocenters. The highest BCUT2D eigenvalue weighted by molar-refractivity contribution is 9.10. The van der Waals surface area contributed by atoms with Crippen molar-refractivity contribution in [2.24, 2.45) is 5.73 Å². The van der Waals surface area contributed by atoms with E-state index in [4.69, 9.17) is 19.5 Å². The number of carbonyl (C=O) groups excluding carboxylic acids is 1. The Kier molecular flexibility index (Phi) is 9.02. The van der Waals surface area contributed by atoms with Crippen LogP contribution in [0.4, 0.5) is 8.78 Å². The number of carbonyl (C=O) groups is 1. The van der Waals surface area contributed by atoms with Gasteiger partial charge in [0.15, 0.2) is 9.84 Å². The van der Waals surface area contributed by atoms with Crippen LogP contribution in [0.3, 0.4) is 0 Å². The van der Waals surface area contributed by atoms with Gasteiger partial charge in [0.05, 0.1) is 34.4 Å². The molecule has 0 spiro atoms. The van der Waals surface area contributed by atoms with Gasteiger partial charge < -0.3 is 19.5 Å². The molecule has 0 aliphatic carbocycles. The van der Waals surface area contributed by atoms with Crippen LogP contribution in [0.15, 0.2) is 39.7 Å². The molecule has 0 bridgehead atoms. The second-order valence-electron chi connectivity index (χ2n) is 7.83. The van der Waals surface area contributed by atoms with Gasteiger partial charge in [0, 0.05) is 27.2 Å². The summed E-state index contributed by atoms with van der Waals surface area (Å²) in [6.07, 6.45) is 1.00. The first-order valence-electron chi connectivity index (χ1n) is 10.9. The maximum absolute atomic E-state index is 15.6. The van der Waals surface area contributed by atoms with E-state index in [0.29, 0.717) is 16.9 Å². The van der Waals surface area contributed by atoms with Crippen LogP contribution < -0.4 is 10.5 Å². The topological polar surface area (TPSA) is 146 Å². The molecule has 2 N–H and O–H groups in total. The number of nitrogens with zero attached hydrogens (tertiary/aromatic N) is 1. The van der Waals surface area contributed by atoms with E-state index in [0.717, 1.165) is 6.26 Å². The minimum Gasteiger partial charge on any atom is -0.487 e. The molecule has 0 saturated carbocycles. The van der Waals surface area contributed by atoms with Crippen LogP contribution in [-0.2, 0) is 35.7 Å². The fourth-order valence-electron chi connectivity index (χ4n) is 3.42. The Hall–Kier alpha value is -2.40. The number of nitriles is 1. The molecule has 3 aromatic rings. The van der Waals surface area contributed by atoms with Crippen LogP contribution >= 0.6 is 34.9 Å². The van der Waals surface area contributed by atoms with Crippen LogP contribution in [-0.4, -0.2) is 33.8 Å². The third kappa shape index (κ3) is 5.78. The van der Waals surface area contributed by atoms with Gasteiger partial charge in [0.25, 0.3) is 0 Å². The lowest BCUT2D eigenvalue weighted by atomic mass is 10.1. The van der Waals surface area contributed by atoms with E-state index in [9.17, 15) is 23.0 Å². The predicted octanol–water partition coefficient (Wildman–Crippen LogP) is 5.93. The van der Waals surface area contributed by atoms with Crippen LogP contribution in [0.25, 0.3) is 10.1 Å². The SMILES string of the molecule is CCOP(=O)(OCC)C(F)(F)c1sc2c(OCc3ccc(S(C)(=O)=O)cc3C#N)cc(C(N)=O)cc2c1Br. The first kappa shape index (κ1) is 30.1. The average Bonchev–Trinajstić information content (AvgIpc) is 3.19. The third-order valence-electron chi connectivity index (χ3n) is 5.21. The number of halogens is 3. The number of rotatable bonds is 11. The second-order valence-corrected chi connectivity index (χ2v) is 13.7. The Morgan fingerprint density at radius 1 is 1.21 bits per heavy atom. The first-order valence-corrected chi connectivity index (χ1v) is 15.9. The number of ether oxygens (including phenoxy) is 1. The first-order chi connectivity index (χ1) is 17.7. The number of primary amides is 1. The van der Waals surface area contributed by atoms with Gasteiger partial charge in [-0.05, 0) is 54.0 Å². The number of benzene rings is 2. The molecule has 15 heteroatoms. The molecule has 0 aliphatic heterocycles. The maximum Gasteiger partial charge on any atom is 0.405 e. The molecule has 2 aromatic carbocycles. The summed E-state index contributed by atoms with van der Waals surface area (Å²) in [5.41, 5.74) is 1.68. The monoisotopic (exact) mass is 650 g/mol. The zero-order chi connectivity index (χ0) is 28.5. The summed E-state index contributed by atoms with van der Waals surface area (Å²) >= 11 is 3.69. The minimum absolute atomic E-state index is 0.0113. The van der Waals surface area contributed by atoms with Crippen molar-refractivity contribution in [2.75, 3.05) is 19.5 Å². The largest absolute Gasteiger partial charge is 0.487 e. The van der Waals surface area contributed by atoms with Crippen LogP contribution in [0.5, 0.6) is 5.75 Å². The van der Waals surface area contributed by atoms with Crippen molar-refractivity contribution < 1.29 is 40.3 Å². The van der Waals surface area contributed by atoms with Gasteiger partial charge >= 0.3 is 13.3 Å². The van der Waals surface area contributed by atoms with E-state index >= 15 is 8.78 Å². The van der Waals surface area contributed by atoms with E-state index in [1.165, 1.54) is 44.2 Å². The molecule has 1 heterocycles. The fourth-order valence-corrected chi connectivity index (χ4v) is 8.08. The van der Waals surface area contributed by atoms with E-state index in [-0.39, 0.29) is 56.2 Å². The zero-order valence-electron chi connectivity index (χ0n) is 20.3. The third-order valence-corrected chi connectivity index (χ3v) is 11.0. The number of nitrogens with two attached hydrogens (primary N) is 1. The molecular formula is C23H22BrF2N2O7PS2. The highest BCUT2D eigenvalue weighted by Gasteiger charge is 2.57. The lowest BCUT2D eigenvalue weighted by molar-refractivity contribution is 0.0387. The van der Waals surface area contributed by atoms with Crippen LogP contribution in [0, 0.1) is 11.3 Å². The maximum atomic E-state index is 15.6. The number of sulfone groups is 1. The minimum atomic E-state index is -4.94. The Morgan fingerprint density at radius 3 is 2.37 bits per heavy atom. The van der Waals surface area contributed by atoms with Crippen molar-refractivity contribution in [3.63, 3.8) is 0 Å². The van der Waals surface area contributed by atoms with E-state index in [1.54, 1.807) is 0 Å². The van der Waals surface area contributed by atoms with Crippen LogP contribution in [0.1, 0.15) is 40.2 Å². The van der Waals surface area contributed by atoms with Crippen molar-refractivity contribution in [3.05, 3.63) is 56.4 Å². The molecule has 9 nitrogen and oxygen atoms in total. The summed E-state index contributed by atoms with van der Waals surface area (Å²) in [7, 11) is -8.50. The Morgan fingerprint density at radius 2 is 1.84 bits per heavy atom. The molecular weight excluding hydrogens is 629 g/mol. The van der Waals surface area contributed by atoms with Crippen LogP contribution in [0.2, 0.25) is 0 Å². The van der Waals surface area contributed by atoms with Crippen molar-refractivity contribution >= 4 is 60.7 Å². The summed E-state index contributed by atoms with van der Waals surface area (Å²) in [5.74, 6) is -0.865. The summed E-state index contributed by atoms with van der Waals surface area (Å²) in [4.78, 5) is 11.2. The number of amides is 1. The quantitative estimate of drug-likeness (QED) is 0.251. The van der Waals surface area contributed by atoms with Gasteiger partial charge in [-0.3, -0.25) is 9.36 Å². The molecule has 0 aliphatic rings. The highest BCUT2D eigenvalue weighted by atomic mass is 79.9. The normalized spacial score (nSPS) is 12.4. The zero-order valence-corrected chi connectivity index (χ0v) is 24.4. The van der Waals surface area contributed by atoms with Crippen molar-refractivity contribution in [3.8, 4) is 11.8 Å². The van der Waals surface area contributed by atoms with E-state index in [2.05, 4.69) is 15.9 Å². The Labute approximate surface area is 230 Å². The Balaban J connectivity index is 2.14. The molecule has 204 valence electrons. The number of hydrogen-bond acceptors (Lipinski definition) is 9. The highest BCUT2D eigenvalue weighted by Crippen LogP contribution is 2.69. The van der Waals surface area contributed by atoms with Crippen molar-refractivity contribution in [2.45, 2.75) is 31.0 Å². The van der Waals surface area contributed by atoms with Crippen molar-refractivity contribution in [1.29, 1.82) is 5.26 Å². The van der Waals surface area contributed by atoms with Crippen molar-refractivity contribution in [1.82, 2.24) is 0 Å². The number of alkyl halides is 2. The predicted molar refractivity (Wildman–Crippen MR) is 141 cm³/mol. The summed E-state index contributed by atoms with van der Waals surface area (Å²) in [5, 5.41) is 9.63. The smallest absolute Gasteiger partial charge is 0.405 e. The molecule has 0 saturated heterocycles. The standard InChI is InChI=1S/C23H22BrF2N2O7PS2/c1-4-34-36(30,35-5-2)23(25,26)21-19(24)17-9-14(22(28)29)10-18(20(17)37-21)33-12-13-6-7-16(38(3,31)32)8-15(13)11-27/h6-10H,4-5,12H2,1-3H3,(H2,28,29). The molecule has 1 amide bonds. The van der Waals surface area contributed by atoms with Gasteiger partial charge in [0.2, 0.25) is 5.91 Å². The molecule has 0 radical (unpaired) electrons. The summed E-state index contributed by atoms with van der Waals surface area (Å²) in [6, 6.07) is 8.36. The summed E-state index contributed by atoms with van der Waals surface area (Å²) in [6.45, 7) is 1.99. The molecule has 3 rings (SSSR count). The lowest BCUT2D eigenvalue weighted by Gasteiger charge is -2.25. The molecule has 0 fully saturated rings. The Bertz CT molecular complexity index is 1590. The van der Waals surface area contributed by atoms with E-state index in [1.807, 2.05) is 6.07 Å².